The average Bonchev–Trinajstić information content (AvgIpc) is 2.86. The lowest BCUT2D eigenvalue weighted by atomic mass is 9.90. The van der Waals surface area contributed by atoms with Gasteiger partial charge in [0.2, 0.25) is 0 Å². The van der Waals surface area contributed by atoms with Crippen LogP contribution in [0.3, 0.4) is 0 Å². The van der Waals surface area contributed by atoms with E-state index in [9.17, 15) is 0 Å². The van der Waals surface area contributed by atoms with Gasteiger partial charge in [-0.05, 0) is 17.8 Å². The lowest BCUT2D eigenvalue weighted by Gasteiger charge is -2.16. The van der Waals surface area contributed by atoms with Crippen molar-refractivity contribution in [1.29, 1.82) is 0 Å². The van der Waals surface area contributed by atoms with Gasteiger partial charge in [0.25, 0.3) is 0 Å². The van der Waals surface area contributed by atoms with Gasteiger partial charge in [0.1, 0.15) is 0 Å². The molecular formula is C36H74. The van der Waals surface area contributed by atoms with E-state index in [2.05, 4.69) is 34.6 Å². The van der Waals surface area contributed by atoms with Gasteiger partial charge < -0.3 is 0 Å². The van der Waals surface area contributed by atoms with Crippen molar-refractivity contribution >= 4 is 0 Å². The fourth-order valence-corrected chi connectivity index (χ4v) is 6.02. The maximum Gasteiger partial charge on any atom is -0.0443 e. The molecule has 0 fully saturated rings. The van der Waals surface area contributed by atoms with Gasteiger partial charge in [0.15, 0.2) is 0 Å². The number of unbranched alkanes of at least 4 members (excludes halogenated alkanes) is 18. The Bertz CT molecular complexity index is 385. The second kappa shape index (κ2) is 29.6. The molecule has 0 nitrogen and oxygen atoms in total. The van der Waals surface area contributed by atoms with E-state index in [-0.39, 0.29) is 0 Å². The van der Waals surface area contributed by atoms with E-state index in [0.29, 0.717) is 0 Å². The Morgan fingerprint density at radius 2 is 0.444 bits per heavy atom. The molecule has 0 aromatic carbocycles. The topological polar surface area (TPSA) is 0 Å². The van der Waals surface area contributed by atoms with Gasteiger partial charge in [-0.3, -0.25) is 0 Å². The van der Waals surface area contributed by atoms with E-state index in [4.69, 9.17) is 0 Å². The van der Waals surface area contributed by atoms with Gasteiger partial charge in [0.05, 0.1) is 0 Å². The smallest absolute Gasteiger partial charge is 0.0443 e. The highest BCUT2D eigenvalue weighted by atomic mass is 14.1. The Morgan fingerprint density at radius 3 is 0.694 bits per heavy atom. The van der Waals surface area contributed by atoms with Crippen molar-refractivity contribution in [2.75, 3.05) is 0 Å². The van der Waals surface area contributed by atoms with E-state index in [1.807, 2.05) is 0 Å². The van der Waals surface area contributed by atoms with Crippen LogP contribution in [0.15, 0.2) is 0 Å². The largest absolute Gasteiger partial charge is 0.0654 e. The van der Waals surface area contributed by atoms with Crippen LogP contribution >= 0.6 is 0 Å². The Hall–Kier alpha value is 0. The Morgan fingerprint density at radius 1 is 0.250 bits per heavy atom. The van der Waals surface area contributed by atoms with Crippen LogP contribution in [-0.4, -0.2) is 0 Å². The second-order valence-corrected chi connectivity index (χ2v) is 13.1. The summed E-state index contributed by atoms with van der Waals surface area (Å²) in [4.78, 5) is 0. The first kappa shape index (κ1) is 36.0. The van der Waals surface area contributed by atoms with Crippen LogP contribution in [0, 0.1) is 17.8 Å². The molecule has 218 valence electrons. The molecule has 0 aliphatic rings. The molecule has 0 aliphatic heterocycles. The normalized spacial score (nSPS) is 14.2. The molecule has 0 saturated heterocycles. The van der Waals surface area contributed by atoms with Crippen molar-refractivity contribution in [3.05, 3.63) is 0 Å². The predicted octanol–water partition coefficient (Wildman–Crippen LogP) is 13.9. The molecule has 0 N–H and O–H groups in total. The van der Waals surface area contributed by atoms with Gasteiger partial charge >= 0.3 is 0 Å². The van der Waals surface area contributed by atoms with Gasteiger partial charge in [-0.1, -0.05) is 214 Å². The van der Waals surface area contributed by atoms with E-state index in [0.717, 1.165) is 17.8 Å². The monoisotopic (exact) mass is 507 g/mol. The van der Waals surface area contributed by atoms with Crippen molar-refractivity contribution in [3.8, 4) is 0 Å². The summed E-state index contributed by atoms with van der Waals surface area (Å²) in [5, 5.41) is 0. The first-order valence-electron chi connectivity index (χ1n) is 17.6. The predicted molar refractivity (Wildman–Crippen MR) is 168 cm³/mol. The minimum Gasteiger partial charge on any atom is -0.0654 e. The van der Waals surface area contributed by atoms with Gasteiger partial charge in [-0.2, -0.15) is 0 Å². The van der Waals surface area contributed by atoms with Crippen LogP contribution in [0.5, 0.6) is 0 Å². The molecule has 0 heteroatoms. The van der Waals surface area contributed by atoms with Crippen LogP contribution in [0.2, 0.25) is 0 Å². The molecule has 0 rings (SSSR count). The van der Waals surface area contributed by atoms with Gasteiger partial charge in [-0.15, -0.1) is 0 Å². The minimum atomic E-state index is 0.944. The highest BCUT2D eigenvalue weighted by Crippen LogP contribution is 2.23. The average molecular weight is 507 g/mol. The van der Waals surface area contributed by atoms with E-state index < -0.39 is 0 Å². The van der Waals surface area contributed by atoms with Crippen LogP contribution in [-0.2, 0) is 0 Å². The fourth-order valence-electron chi connectivity index (χ4n) is 6.02. The summed E-state index contributed by atoms with van der Waals surface area (Å²) in [5.74, 6) is 2.85. The molecule has 0 aromatic heterocycles. The van der Waals surface area contributed by atoms with E-state index >= 15 is 0 Å². The van der Waals surface area contributed by atoms with Crippen molar-refractivity contribution in [2.24, 2.45) is 17.8 Å². The quantitative estimate of drug-likeness (QED) is 0.0849. The summed E-state index contributed by atoms with van der Waals surface area (Å²) in [7, 11) is 0. The molecule has 3 unspecified atom stereocenters. The van der Waals surface area contributed by atoms with Crippen LogP contribution in [0.1, 0.15) is 214 Å². The molecule has 0 spiro atoms. The molecule has 0 amide bonds. The van der Waals surface area contributed by atoms with E-state index in [1.165, 1.54) is 180 Å². The summed E-state index contributed by atoms with van der Waals surface area (Å²) in [5.41, 5.74) is 0. The third-order valence-corrected chi connectivity index (χ3v) is 8.89. The molecule has 0 radical (unpaired) electrons. The lowest BCUT2D eigenvalue weighted by Crippen LogP contribution is -2.01. The molecule has 0 heterocycles. The number of rotatable bonds is 30. The molecule has 3 atom stereocenters. The third-order valence-electron chi connectivity index (χ3n) is 8.89. The lowest BCUT2D eigenvalue weighted by molar-refractivity contribution is 0.373. The fraction of sp³-hybridized carbons (Fsp3) is 1.00. The SMILES string of the molecule is CCCCCCCCCCCCCCCCC(C)CCCC(C)CCCC(C)CCCCCCCC. The summed E-state index contributed by atoms with van der Waals surface area (Å²) in [6.45, 7) is 12.1. The van der Waals surface area contributed by atoms with Gasteiger partial charge in [-0.25, -0.2) is 0 Å². The summed E-state index contributed by atoms with van der Waals surface area (Å²) in [6, 6.07) is 0. The van der Waals surface area contributed by atoms with Crippen molar-refractivity contribution < 1.29 is 0 Å². The zero-order valence-corrected chi connectivity index (χ0v) is 26.5. The third kappa shape index (κ3) is 28.6. The first-order chi connectivity index (χ1) is 17.6. The summed E-state index contributed by atoms with van der Waals surface area (Å²) < 4.78 is 0. The Balaban J connectivity index is 3.36. The molecule has 0 saturated carbocycles. The maximum atomic E-state index is 2.51. The molecule has 36 heavy (non-hydrogen) atoms. The van der Waals surface area contributed by atoms with Crippen LogP contribution < -0.4 is 0 Å². The Labute approximate surface area is 232 Å². The molecule has 0 aromatic rings. The summed E-state index contributed by atoms with van der Waals surface area (Å²) in [6.07, 6.45) is 41.0. The van der Waals surface area contributed by atoms with E-state index in [1.54, 1.807) is 0 Å². The highest BCUT2D eigenvalue weighted by Gasteiger charge is 2.08. The molecule has 0 aliphatic carbocycles. The molecular weight excluding hydrogens is 432 g/mol. The maximum absolute atomic E-state index is 2.51. The highest BCUT2D eigenvalue weighted by molar-refractivity contribution is 4.61. The zero-order valence-electron chi connectivity index (χ0n) is 26.5. The van der Waals surface area contributed by atoms with Crippen molar-refractivity contribution in [2.45, 2.75) is 214 Å². The summed E-state index contributed by atoms with van der Waals surface area (Å²) >= 11 is 0. The molecule has 0 bridgehead atoms. The van der Waals surface area contributed by atoms with Crippen molar-refractivity contribution in [3.63, 3.8) is 0 Å². The van der Waals surface area contributed by atoms with Gasteiger partial charge in [0, 0.05) is 0 Å². The van der Waals surface area contributed by atoms with Crippen molar-refractivity contribution in [1.82, 2.24) is 0 Å². The Kier molecular flexibility index (Phi) is 29.6. The second-order valence-electron chi connectivity index (χ2n) is 13.1. The van der Waals surface area contributed by atoms with Crippen LogP contribution in [0.4, 0.5) is 0 Å². The zero-order chi connectivity index (χ0) is 26.5. The minimum absolute atomic E-state index is 0.944. The van der Waals surface area contributed by atoms with Crippen LogP contribution in [0.25, 0.3) is 0 Å². The first-order valence-corrected chi connectivity index (χ1v) is 17.6. The number of hydrogen-bond acceptors (Lipinski definition) is 0. The standard InChI is InChI=1S/C36H74/c1-6-8-10-12-14-15-16-17-18-19-20-21-23-25-29-35(4)31-27-33-36(5)32-26-30-34(3)28-24-22-13-11-9-7-2/h34-36H,6-33H2,1-5H3. The number of hydrogen-bond donors (Lipinski definition) is 0.